The summed E-state index contributed by atoms with van der Waals surface area (Å²) in [6, 6.07) is 23.0. The third kappa shape index (κ3) is 6.19. The van der Waals surface area contributed by atoms with Crippen LogP contribution in [-0.2, 0) is 4.79 Å². The van der Waals surface area contributed by atoms with Gasteiger partial charge in [0, 0.05) is 11.1 Å². The number of hydrogen-bond donors (Lipinski definition) is 2. The van der Waals surface area contributed by atoms with Crippen molar-refractivity contribution >= 4 is 62.9 Å². The minimum Gasteiger partial charge on any atom is -0.497 e. The number of benzene rings is 3. The summed E-state index contributed by atoms with van der Waals surface area (Å²) >= 11 is 2.15. The second kappa shape index (κ2) is 12.7. The van der Waals surface area contributed by atoms with Crippen molar-refractivity contribution in [2.75, 3.05) is 24.4 Å². The number of nitrogens with zero attached hydrogens (tertiary/aromatic N) is 3. The lowest BCUT2D eigenvalue weighted by atomic mass is 10.2. The molecular weight excluding hydrogens is 574 g/mol. The fourth-order valence-corrected chi connectivity index (χ4v) is 5.79. The van der Waals surface area contributed by atoms with Crippen molar-refractivity contribution in [2.45, 2.75) is 6.92 Å². The molecule has 0 aliphatic carbocycles. The van der Waals surface area contributed by atoms with Crippen molar-refractivity contribution in [1.82, 2.24) is 10.4 Å². The Labute approximate surface area is 250 Å². The summed E-state index contributed by atoms with van der Waals surface area (Å²) in [6.45, 7) is 1.67. The van der Waals surface area contributed by atoms with Crippen LogP contribution in [0.15, 0.2) is 88.9 Å². The van der Waals surface area contributed by atoms with Gasteiger partial charge in [0.15, 0.2) is 10.3 Å². The van der Waals surface area contributed by atoms with Crippen LogP contribution in [0.4, 0.5) is 10.8 Å². The van der Waals surface area contributed by atoms with Gasteiger partial charge in [0.25, 0.3) is 17.7 Å². The van der Waals surface area contributed by atoms with E-state index in [1.165, 1.54) is 4.90 Å². The van der Waals surface area contributed by atoms with Gasteiger partial charge < -0.3 is 9.47 Å². The molecule has 1 aliphatic heterocycles. The number of nitrogens with one attached hydrogen (secondary N) is 2. The second-order valence-electron chi connectivity index (χ2n) is 8.78. The lowest BCUT2D eigenvalue weighted by Crippen LogP contribution is -2.31. The first-order valence-electron chi connectivity index (χ1n) is 12.6. The summed E-state index contributed by atoms with van der Waals surface area (Å²) in [5.41, 5.74) is 4.73. The number of carbonyl (C=O) groups excluding carboxylic acids is 3. The Morgan fingerprint density at radius 1 is 0.929 bits per heavy atom. The molecule has 0 radical (unpaired) electrons. The van der Waals surface area contributed by atoms with E-state index in [1.807, 2.05) is 42.5 Å². The second-order valence-corrected chi connectivity index (χ2v) is 10.8. The van der Waals surface area contributed by atoms with Crippen LogP contribution in [0.3, 0.4) is 0 Å². The molecule has 0 unspecified atom stereocenters. The van der Waals surface area contributed by atoms with E-state index in [0.717, 1.165) is 28.7 Å². The Kier molecular flexibility index (Phi) is 8.65. The predicted octanol–water partition coefficient (Wildman–Crippen LogP) is 5.54. The Hall–Kier alpha value is -4.94. The maximum Gasteiger partial charge on any atom is 0.283 e. The predicted molar refractivity (Wildman–Crippen MR) is 165 cm³/mol. The van der Waals surface area contributed by atoms with Crippen molar-refractivity contribution in [1.29, 1.82) is 0 Å². The molecule has 5 rings (SSSR count). The fourth-order valence-electron chi connectivity index (χ4n) is 4.00. The maximum absolute atomic E-state index is 13.5. The molecule has 1 aromatic heterocycles. The monoisotopic (exact) mass is 599 g/mol. The van der Waals surface area contributed by atoms with E-state index in [1.54, 1.807) is 63.6 Å². The van der Waals surface area contributed by atoms with Gasteiger partial charge in [-0.1, -0.05) is 47.7 Å². The van der Waals surface area contributed by atoms with E-state index in [2.05, 4.69) is 20.8 Å². The summed E-state index contributed by atoms with van der Waals surface area (Å²) in [6.07, 6.45) is 1.73. The molecule has 42 heavy (non-hydrogen) atoms. The Balaban J connectivity index is 1.36. The SMILES string of the molecule is COc1ccc(C(=O)Nc2nc(C)c(C(=O)N/N=C3/S/C(=C/c4ccccc4OC)C(=O)N3c3ccccc3)s2)cc1. The van der Waals surface area contributed by atoms with E-state index in [9.17, 15) is 14.4 Å². The normalized spacial score (nSPS) is 14.7. The van der Waals surface area contributed by atoms with E-state index in [0.29, 0.717) is 33.3 Å². The standard InChI is InChI=1S/C30H25N5O5S2/c1-18-25(42-29(31-18)32-26(36)19-13-15-22(39-2)16-14-19)27(37)33-34-30-35(21-10-5-4-6-11-21)28(38)24(41-30)17-20-9-7-8-12-23(20)40-3/h4-17H,1-3H3,(H,33,37)(H,31,32,36)/b24-17+,34-30+. The van der Waals surface area contributed by atoms with Crippen LogP contribution in [0.2, 0.25) is 0 Å². The molecule has 0 saturated carbocycles. The first-order chi connectivity index (χ1) is 20.4. The third-order valence-electron chi connectivity index (χ3n) is 6.07. The highest BCUT2D eigenvalue weighted by Crippen LogP contribution is 2.37. The third-order valence-corrected chi connectivity index (χ3v) is 8.12. The Bertz CT molecular complexity index is 1700. The number of thioether (sulfide) groups is 1. The average Bonchev–Trinajstić information content (AvgIpc) is 3.54. The van der Waals surface area contributed by atoms with Crippen molar-refractivity contribution in [2.24, 2.45) is 5.10 Å². The van der Waals surface area contributed by atoms with Gasteiger partial charge >= 0.3 is 0 Å². The fraction of sp³-hybridized carbons (Fsp3) is 0.100. The molecule has 0 atom stereocenters. The minimum atomic E-state index is -0.523. The zero-order valence-corrected chi connectivity index (χ0v) is 24.4. The number of ether oxygens (including phenoxy) is 2. The maximum atomic E-state index is 13.5. The zero-order chi connectivity index (χ0) is 29.6. The number of anilines is 2. The number of hydrogen-bond acceptors (Lipinski definition) is 9. The molecule has 3 amide bonds. The highest BCUT2D eigenvalue weighted by atomic mass is 32.2. The number of aromatic nitrogens is 1. The lowest BCUT2D eigenvalue weighted by Gasteiger charge is -2.15. The molecule has 0 bridgehead atoms. The largest absolute Gasteiger partial charge is 0.497 e. The topological polar surface area (TPSA) is 122 Å². The van der Waals surface area contributed by atoms with E-state index in [4.69, 9.17) is 9.47 Å². The van der Waals surface area contributed by atoms with Gasteiger partial charge in [-0.15, -0.1) is 5.10 Å². The zero-order valence-electron chi connectivity index (χ0n) is 22.8. The molecule has 2 heterocycles. The molecule has 2 N–H and O–H groups in total. The van der Waals surface area contributed by atoms with Gasteiger partial charge in [0.2, 0.25) is 0 Å². The number of amides is 3. The molecule has 0 spiro atoms. The van der Waals surface area contributed by atoms with E-state index >= 15 is 0 Å². The summed E-state index contributed by atoms with van der Waals surface area (Å²) in [5.74, 6) is 0.0760. The summed E-state index contributed by atoms with van der Waals surface area (Å²) in [5, 5.41) is 7.57. The first kappa shape index (κ1) is 28.6. The van der Waals surface area contributed by atoms with Gasteiger partial charge in [-0.05, 0) is 67.2 Å². The van der Waals surface area contributed by atoms with Crippen molar-refractivity contribution in [3.63, 3.8) is 0 Å². The number of methoxy groups -OCH3 is 2. The Morgan fingerprint density at radius 3 is 2.36 bits per heavy atom. The van der Waals surface area contributed by atoms with Crippen molar-refractivity contribution in [3.8, 4) is 11.5 Å². The number of para-hydroxylation sites is 2. The van der Waals surface area contributed by atoms with Gasteiger partial charge in [-0.2, -0.15) is 0 Å². The smallest absolute Gasteiger partial charge is 0.283 e. The average molecular weight is 600 g/mol. The number of amidine groups is 1. The highest BCUT2D eigenvalue weighted by Gasteiger charge is 2.35. The summed E-state index contributed by atoms with van der Waals surface area (Å²) in [4.78, 5) is 45.7. The van der Waals surface area contributed by atoms with Crippen LogP contribution >= 0.6 is 23.1 Å². The van der Waals surface area contributed by atoms with Gasteiger partial charge in [0.1, 0.15) is 16.4 Å². The van der Waals surface area contributed by atoms with E-state index in [-0.39, 0.29) is 27.0 Å². The molecule has 1 saturated heterocycles. The molecule has 10 nitrogen and oxygen atoms in total. The van der Waals surface area contributed by atoms with Crippen LogP contribution in [-0.4, -0.2) is 42.1 Å². The number of hydrazone groups is 1. The molecule has 3 aromatic carbocycles. The van der Waals surface area contributed by atoms with Gasteiger partial charge in [-0.25, -0.2) is 10.4 Å². The first-order valence-corrected chi connectivity index (χ1v) is 14.2. The van der Waals surface area contributed by atoms with Crippen LogP contribution in [0.1, 0.15) is 31.3 Å². The van der Waals surface area contributed by atoms with Gasteiger partial charge in [0.05, 0.1) is 30.5 Å². The molecule has 4 aromatic rings. The van der Waals surface area contributed by atoms with Crippen LogP contribution in [0.25, 0.3) is 6.08 Å². The van der Waals surface area contributed by atoms with Crippen LogP contribution < -0.4 is 25.1 Å². The van der Waals surface area contributed by atoms with Crippen LogP contribution in [0, 0.1) is 6.92 Å². The van der Waals surface area contributed by atoms with Gasteiger partial charge in [-0.3, -0.25) is 24.6 Å². The summed E-state index contributed by atoms with van der Waals surface area (Å²) < 4.78 is 10.6. The van der Waals surface area contributed by atoms with Crippen molar-refractivity contribution in [3.05, 3.63) is 105 Å². The van der Waals surface area contributed by atoms with Crippen LogP contribution in [0.5, 0.6) is 11.5 Å². The molecule has 212 valence electrons. The summed E-state index contributed by atoms with van der Waals surface area (Å²) in [7, 11) is 3.11. The lowest BCUT2D eigenvalue weighted by molar-refractivity contribution is -0.113. The highest BCUT2D eigenvalue weighted by molar-refractivity contribution is 8.19. The Morgan fingerprint density at radius 2 is 1.64 bits per heavy atom. The molecule has 12 heteroatoms. The van der Waals surface area contributed by atoms with E-state index < -0.39 is 5.91 Å². The number of carbonyl (C=O) groups is 3. The molecular formula is C30H25N5O5S2. The minimum absolute atomic E-state index is 0.268. The number of aryl methyl sites for hydroxylation is 1. The number of thiazole rings is 1. The molecule has 1 aliphatic rings. The quantitative estimate of drug-likeness (QED) is 0.201. The number of rotatable bonds is 8. The molecule has 1 fully saturated rings. The van der Waals surface area contributed by atoms with Crippen molar-refractivity contribution < 1.29 is 23.9 Å².